The molecule has 0 radical (unpaired) electrons. The summed E-state index contributed by atoms with van der Waals surface area (Å²) >= 11 is 7.28. The first-order valence-electron chi connectivity index (χ1n) is 9.79. The van der Waals surface area contributed by atoms with E-state index in [1.54, 1.807) is 24.3 Å². The summed E-state index contributed by atoms with van der Waals surface area (Å²) in [5.41, 5.74) is 2.11. The van der Waals surface area contributed by atoms with Crippen LogP contribution in [0.5, 0.6) is 0 Å². The molecule has 0 aliphatic carbocycles. The second-order valence-electron chi connectivity index (χ2n) is 7.19. The highest BCUT2D eigenvalue weighted by Crippen LogP contribution is 2.39. The molecule has 3 heterocycles. The number of aromatic nitrogens is 2. The van der Waals surface area contributed by atoms with Gasteiger partial charge in [-0.05, 0) is 55.4 Å². The Labute approximate surface area is 184 Å². The van der Waals surface area contributed by atoms with Crippen molar-refractivity contribution in [2.45, 2.75) is 31.0 Å². The molecule has 0 unspecified atom stereocenters. The fourth-order valence-corrected chi connectivity index (χ4v) is 6.88. The number of halogens is 1. The predicted octanol–water partition coefficient (Wildman–Crippen LogP) is 3.79. The van der Waals surface area contributed by atoms with Crippen LogP contribution in [0.4, 0.5) is 0 Å². The molecule has 0 amide bonds. The highest BCUT2D eigenvalue weighted by atomic mass is 35.5. The Morgan fingerprint density at radius 3 is 2.53 bits per heavy atom. The molecular weight excluding hydrogens is 442 g/mol. The topological polar surface area (TPSA) is 72.3 Å². The van der Waals surface area contributed by atoms with Gasteiger partial charge in [-0.2, -0.15) is 9.78 Å². The van der Waals surface area contributed by atoms with Gasteiger partial charge in [0.25, 0.3) is 5.56 Å². The van der Waals surface area contributed by atoms with Gasteiger partial charge in [-0.3, -0.25) is 9.69 Å². The van der Waals surface area contributed by atoms with Crippen LogP contribution in [0.15, 0.2) is 45.4 Å². The molecule has 0 saturated heterocycles. The van der Waals surface area contributed by atoms with E-state index in [2.05, 4.69) is 23.8 Å². The van der Waals surface area contributed by atoms with Crippen molar-refractivity contribution in [2.24, 2.45) is 0 Å². The van der Waals surface area contributed by atoms with Crippen LogP contribution >= 0.6 is 22.9 Å². The zero-order valence-electron chi connectivity index (χ0n) is 16.8. The highest BCUT2D eigenvalue weighted by Gasteiger charge is 2.30. The van der Waals surface area contributed by atoms with Crippen molar-refractivity contribution in [1.82, 2.24) is 14.7 Å². The number of nitrogens with zero attached hydrogens (tertiary/aromatic N) is 3. The fraction of sp³-hybridized carbons (Fsp3) is 0.333. The van der Waals surface area contributed by atoms with E-state index >= 15 is 0 Å². The van der Waals surface area contributed by atoms with E-state index in [0.29, 0.717) is 38.3 Å². The summed E-state index contributed by atoms with van der Waals surface area (Å²) in [6.07, 6.45) is 0.272. The van der Waals surface area contributed by atoms with Crippen molar-refractivity contribution in [1.29, 1.82) is 0 Å². The molecule has 158 valence electrons. The molecule has 30 heavy (non-hydrogen) atoms. The second-order valence-corrected chi connectivity index (χ2v) is 11.1. The standard InChI is InChI=1S/C21H22ClN3O3S2/c1-3-24(4-2)13-17-12-18-20-14(9-10-30(27,28)21(18)29-17)11-19(26)25(23-20)16-7-5-15(22)6-8-16/h5-8,11-12H,3-4,9-10,13H2,1-2H3. The van der Waals surface area contributed by atoms with Crippen molar-refractivity contribution < 1.29 is 8.42 Å². The number of rotatable bonds is 5. The molecule has 1 aromatic carbocycles. The van der Waals surface area contributed by atoms with E-state index in [0.717, 1.165) is 18.0 Å². The number of benzene rings is 1. The summed E-state index contributed by atoms with van der Waals surface area (Å²) in [7, 11) is -3.44. The summed E-state index contributed by atoms with van der Waals surface area (Å²) in [5.74, 6) is -0.0235. The average molecular weight is 464 g/mol. The van der Waals surface area contributed by atoms with E-state index in [4.69, 9.17) is 11.6 Å². The fourth-order valence-electron chi connectivity index (χ4n) is 3.58. The maximum absolute atomic E-state index is 12.9. The van der Waals surface area contributed by atoms with Gasteiger partial charge >= 0.3 is 0 Å². The number of hydrogen-bond donors (Lipinski definition) is 0. The molecule has 0 fully saturated rings. The molecule has 0 atom stereocenters. The number of aryl methyl sites for hydroxylation is 1. The lowest BCUT2D eigenvalue weighted by Gasteiger charge is -2.16. The van der Waals surface area contributed by atoms with Crippen LogP contribution in [0.3, 0.4) is 0 Å². The molecule has 9 heteroatoms. The van der Waals surface area contributed by atoms with Gasteiger partial charge in [0.2, 0.25) is 0 Å². The number of fused-ring (bicyclic) bond motifs is 3. The average Bonchev–Trinajstić information content (AvgIpc) is 3.12. The Balaban J connectivity index is 1.89. The number of sulfone groups is 1. The van der Waals surface area contributed by atoms with E-state index in [-0.39, 0.29) is 17.7 Å². The van der Waals surface area contributed by atoms with Crippen molar-refractivity contribution in [3.63, 3.8) is 0 Å². The minimum absolute atomic E-state index is 0.0235. The number of hydrogen-bond acceptors (Lipinski definition) is 6. The third-order valence-electron chi connectivity index (χ3n) is 5.28. The molecule has 4 rings (SSSR count). The van der Waals surface area contributed by atoms with Gasteiger partial charge in [0.15, 0.2) is 9.84 Å². The SMILES string of the molecule is CCN(CC)Cc1cc2c(s1)S(=O)(=O)CCc1cc(=O)n(-c3ccc(Cl)cc3)nc1-2. The van der Waals surface area contributed by atoms with E-state index < -0.39 is 9.84 Å². The monoisotopic (exact) mass is 463 g/mol. The van der Waals surface area contributed by atoms with Crippen molar-refractivity contribution in [3.8, 4) is 16.9 Å². The lowest BCUT2D eigenvalue weighted by atomic mass is 10.1. The quantitative estimate of drug-likeness (QED) is 0.575. The maximum atomic E-state index is 12.9. The first kappa shape index (κ1) is 21.2. The minimum Gasteiger partial charge on any atom is -0.299 e. The minimum atomic E-state index is -3.44. The molecule has 0 spiro atoms. The zero-order chi connectivity index (χ0) is 21.5. The van der Waals surface area contributed by atoms with E-state index in [1.807, 2.05) is 6.07 Å². The maximum Gasteiger partial charge on any atom is 0.271 e. The van der Waals surface area contributed by atoms with Crippen LogP contribution in [0, 0.1) is 0 Å². The van der Waals surface area contributed by atoms with Gasteiger partial charge in [0.05, 0.1) is 17.1 Å². The van der Waals surface area contributed by atoms with Crippen LogP contribution in [0.25, 0.3) is 16.9 Å². The first-order chi connectivity index (χ1) is 14.3. The summed E-state index contributed by atoms with van der Waals surface area (Å²) in [6.45, 7) is 6.63. The zero-order valence-corrected chi connectivity index (χ0v) is 19.1. The lowest BCUT2D eigenvalue weighted by Crippen LogP contribution is -2.22. The summed E-state index contributed by atoms with van der Waals surface area (Å²) in [6, 6.07) is 10.2. The first-order valence-corrected chi connectivity index (χ1v) is 12.6. The Morgan fingerprint density at radius 1 is 1.17 bits per heavy atom. The van der Waals surface area contributed by atoms with Crippen LogP contribution in [-0.4, -0.2) is 41.9 Å². The lowest BCUT2D eigenvalue weighted by molar-refractivity contribution is 0.298. The molecule has 6 nitrogen and oxygen atoms in total. The molecule has 2 aromatic heterocycles. The van der Waals surface area contributed by atoms with Crippen LogP contribution in [0.2, 0.25) is 5.02 Å². The van der Waals surface area contributed by atoms with E-state index in [1.165, 1.54) is 22.1 Å². The largest absolute Gasteiger partial charge is 0.299 e. The molecule has 3 aromatic rings. The predicted molar refractivity (Wildman–Crippen MR) is 121 cm³/mol. The summed E-state index contributed by atoms with van der Waals surface area (Å²) < 4.78 is 27.5. The smallest absolute Gasteiger partial charge is 0.271 e. The van der Waals surface area contributed by atoms with Gasteiger partial charge in [-0.1, -0.05) is 25.4 Å². The van der Waals surface area contributed by atoms with Gasteiger partial charge < -0.3 is 0 Å². The van der Waals surface area contributed by atoms with Crippen LogP contribution < -0.4 is 5.56 Å². The Bertz CT molecular complexity index is 1240. The second kappa shape index (κ2) is 8.26. The van der Waals surface area contributed by atoms with Gasteiger partial charge in [-0.15, -0.1) is 11.3 Å². The van der Waals surface area contributed by atoms with Gasteiger partial charge in [-0.25, -0.2) is 8.42 Å². The Morgan fingerprint density at radius 2 is 1.87 bits per heavy atom. The summed E-state index contributed by atoms with van der Waals surface area (Å²) in [4.78, 5) is 15.9. The summed E-state index contributed by atoms with van der Waals surface area (Å²) in [5, 5.41) is 5.17. The Hall–Kier alpha value is -2.00. The van der Waals surface area contributed by atoms with Crippen molar-refractivity contribution in [3.05, 3.63) is 62.2 Å². The van der Waals surface area contributed by atoms with Crippen molar-refractivity contribution in [2.75, 3.05) is 18.8 Å². The third-order valence-corrected chi connectivity index (χ3v) is 8.99. The molecule has 1 aliphatic rings. The molecule has 0 saturated carbocycles. The van der Waals surface area contributed by atoms with E-state index in [9.17, 15) is 13.2 Å². The Kier molecular flexibility index (Phi) is 5.85. The van der Waals surface area contributed by atoms with Crippen molar-refractivity contribution >= 4 is 32.8 Å². The molecule has 0 bridgehead atoms. The van der Waals surface area contributed by atoms with Crippen LogP contribution in [-0.2, 0) is 22.8 Å². The normalized spacial score (nSPS) is 14.9. The van der Waals surface area contributed by atoms with Gasteiger partial charge in [0, 0.05) is 28.1 Å². The highest BCUT2D eigenvalue weighted by molar-refractivity contribution is 7.93. The molecule has 0 N–H and O–H groups in total. The molecular formula is C21H22ClN3O3S2. The molecule has 1 aliphatic heterocycles. The third kappa shape index (κ3) is 3.97. The van der Waals surface area contributed by atoms with Crippen LogP contribution in [0.1, 0.15) is 24.3 Å². The number of thiophene rings is 1. The van der Waals surface area contributed by atoms with Gasteiger partial charge in [0.1, 0.15) is 4.21 Å².